The molecule has 1 aliphatic heterocycles. The number of rotatable bonds is 3. The molecule has 1 amide bonds. The predicted molar refractivity (Wildman–Crippen MR) is 97.5 cm³/mol. The van der Waals surface area contributed by atoms with Crippen molar-refractivity contribution < 1.29 is 13.6 Å². The van der Waals surface area contributed by atoms with Crippen molar-refractivity contribution in [1.29, 1.82) is 0 Å². The van der Waals surface area contributed by atoms with Crippen LogP contribution in [0.4, 0.5) is 4.39 Å². The molecule has 0 saturated carbocycles. The van der Waals surface area contributed by atoms with Gasteiger partial charge in [0.25, 0.3) is 0 Å². The molecule has 0 spiro atoms. The third-order valence-electron chi connectivity index (χ3n) is 4.81. The molecule has 0 radical (unpaired) electrons. The summed E-state index contributed by atoms with van der Waals surface area (Å²) in [6, 6.07) is 3.27. The van der Waals surface area contributed by atoms with E-state index in [1.165, 1.54) is 4.90 Å². The molecule has 2 N–H and O–H groups in total. The molecule has 1 saturated heterocycles. The average Bonchev–Trinajstić information content (AvgIpc) is 3.09. The van der Waals surface area contributed by atoms with Crippen LogP contribution in [0.5, 0.6) is 0 Å². The fourth-order valence-corrected chi connectivity index (χ4v) is 3.22. The number of aromatic nitrogens is 3. The highest BCUT2D eigenvalue weighted by Gasteiger charge is 2.29. The number of nitrogens with two attached hydrogens (primary N) is 1. The van der Waals surface area contributed by atoms with Gasteiger partial charge in [0.2, 0.25) is 5.91 Å². The number of nitrogens with zero attached hydrogens (tertiary/aromatic N) is 4. The van der Waals surface area contributed by atoms with Crippen molar-refractivity contribution in [2.75, 3.05) is 13.1 Å². The summed E-state index contributed by atoms with van der Waals surface area (Å²) in [5.74, 6) is 1.07. The van der Waals surface area contributed by atoms with Gasteiger partial charge < -0.3 is 15.1 Å². The van der Waals surface area contributed by atoms with Crippen LogP contribution in [-0.4, -0.2) is 51.1 Å². The van der Waals surface area contributed by atoms with Gasteiger partial charge in [0.1, 0.15) is 6.17 Å². The SMILES string of the molecule is Cc1ncc(-c2cnc3cnc(CC(=O)N4CC[C@H](N)[C@@H](F)C4)cc3c2)o1. The average molecular weight is 369 g/mol. The zero-order valence-electron chi connectivity index (χ0n) is 14.9. The van der Waals surface area contributed by atoms with Crippen molar-refractivity contribution in [2.24, 2.45) is 5.73 Å². The quantitative estimate of drug-likeness (QED) is 0.759. The number of aryl methyl sites for hydroxylation is 1. The minimum atomic E-state index is -1.18. The Morgan fingerprint density at radius 3 is 2.89 bits per heavy atom. The van der Waals surface area contributed by atoms with Gasteiger partial charge in [0.05, 0.1) is 36.6 Å². The Morgan fingerprint density at radius 1 is 1.30 bits per heavy atom. The largest absolute Gasteiger partial charge is 0.441 e. The molecule has 4 rings (SSSR count). The molecule has 0 unspecified atom stereocenters. The Morgan fingerprint density at radius 2 is 2.15 bits per heavy atom. The molecule has 1 fully saturated rings. The summed E-state index contributed by atoms with van der Waals surface area (Å²) in [7, 11) is 0. The summed E-state index contributed by atoms with van der Waals surface area (Å²) in [5.41, 5.74) is 7.81. The normalized spacial score (nSPS) is 20.2. The first-order valence-electron chi connectivity index (χ1n) is 8.84. The summed E-state index contributed by atoms with van der Waals surface area (Å²) in [4.78, 5) is 26.8. The van der Waals surface area contributed by atoms with Crippen molar-refractivity contribution >= 4 is 16.8 Å². The maximum Gasteiger partial charge on any atom is 0.228 e. The van der Waals surface area contributed by atoms with Crippen LogP contribution in [0.2, 0.25) is 0 Å². The highest BCUT2D eigenvalue weighted by molar-refractivity contribution is 5.84. The maximum atomic E-state index is 13.8. The fraction of sp³-hybridized carbons (Fsp3) is 0.368. The first-order chi connectivity index (χ1) is 13.0. The van der Waals surface area contributed by atoms with Gasteiger partial charge >= 0.3 is 0 Å². The molecule has 3 aromatic rings. The van der Waals surface area contributed by atoms with Gasteiger partial charge in [-0.3, -0.25) is 14.8 Å². The first kappa shape index (κ1) is 17.5. The number of pyridine rings is 2. The lowest BCUT2D eigenvalue weighted by molar-refractivity contribution is -0.132. The number of amides is 1. The van der Waals surface area contributed by atoms with Gasteiger partial charge in [-0.1, -0.05) is 0 Å². The van der Waals surface area contributed by atoms with E-state index in [9.17, 15) is 9.18 Å². The third kappa shape index (κ3) is 3.66. The van der Waals surface area contributed by atoms with E-state index in [-0.39, 0.29) is 18.9 Å². The summed E-state index contributed by atoms with van der Waals surface area (Å²) >= 11 is 0. The molecular weight excluding hydrogens is 349 g/mol. The topological polar surface area (TPSA) is 98.1 Å². The third-order valence-corrected chi connectivity index (χ3v) is 4.81. The standard InChI is InChI=1S/C19H20FN5O2/c1-11-22-9-18(27-11)13-4-12-5-14(23-8-17(12)24-7-13)6-19(26)25-3-2-16(21)15(20)10-25/h4-5,7-9,15-16H,2-3,6,10,21H2,1H3/t15-,16-/m0/s1. The van der Waals surface area contributed by atoms with Crippen LogP contribution in [0.25, 0.3) is 22.2 Å². The Bertz CT molecular complexity index is 989. The van der Waals surface area contributed by atoms with E-state index in [4.69, 9.17) is 10.2 Å². The predicted octanol–water partition coefficient (Wildman–Crippen LogP) is 2.03. The summed E-state index contributed by atoms with van der Waals surface area (Å²) in [6.45, 7) is 2.30. The number of alkyl halides is 1. The van der Waals surface area contributed by atoms with E-state index in [0.29, 0.717) is 30.3 Å². The van der Waals surface area contributed by atoms with E-state index in [0.717, 1.165) is 16.5 Å². The fourth-order valence-electron chi connectivity index (χ4n) is 3.22. The monoisotopic (exact) mass is 369 g/mol. The Balaban J connectivity index is 1.54. The lowest BCUT2D eigenvalue weighted by atomic mass is 10.0. The number of hydrogen-bond acceptors (Lipinski definition) is 6. The van der Waals surface area contributed by atoms with Crippen molar-refractivity contribution in [3.63, 3.8) is 0 Å². The number of hydrogen-bond donors (Lipinski definition) is 1. The zero-order valence-corrected chi connectivity index (χ0v) is 14.9. The molecule has 140 valence electrons. The van der Waals surface area contributed by atoms with Crippen LogP contribution in [0.1, 0.15) is 18.0 Å². The van der Waals surface area contributed by atoms with Crippen LogP contribution < -0.4 is 5.73 Å². The molecular formula is C19H20FN5O2. The van der Waals surface area contributed by atoms with Gasteiger partial charge in [0, 0.05) is 36.7 Å². The number of carbonyl (C=O) groups excluding carboxylic acids is 1. The lowest BCUT2D eigenvalue weighted by Gasteiger charge is -2.32. The maximum absolute atomic E-state index is 13.8. The van der Waals surface area contributed by atoms with Crippen LogP contribution >= 0.6 is 0 Å². The van der Waals surface area contributed by atoms with Gasteiger partial charge in [0.15, 0.2) is 11.7 Å². The van der Waals surface area contributed by atoms with E-state index < -0.39 is 12.2 Å². The molecule has 0 bridgehead atoms. The molecule has 27 heavy (non-hydrogen) atoms. The number of fused-ring (bicyclic) bond motifs is 1. The molecule has 2 atom stereocenters. The van der Waals surface area contributed by atoms with Crippen molar-refractivity contribution in [3.8, 4) is 11.3 Å². The molecule has 0 aliphatic carbocycles. The number of halogens is 1. The minimum Gasteiger partial charge on any atom is -0.441 e. The minimum absolute atomic E-state index is 0.0458. The Labute approximate surface area is 155 Å². The van der Waals surface area contributed by atoms with Crippen molar-refractivity contribution in [3.05, 3.63) is 42.3 Å². The van der Waals surface area contributed by atoms with Crippen LogP contribution in [0.15, 0.2) is 35.1 Å². The number of likely N-dealkylation sites (tertiary alicyclic amines) is 1. The Kier molecular flexibility index (Phi) is 4.57. The smallest absolute Gasteiger partial charge is 0.228 e. The van der Waals surface area contributed by atoms with Gasteiger partial charge in [-0.05, 0) is 18.6 Å². The van der Waals surface area contributed by atoms with Gasteiger partial charge in [-0.25, -0.2) is 9.37 Å². The highest BCUT2D eigenvalue weighted by atomic mass is 19.1. The van der Waals surface area contributed by atoms with E-state index in [1.807, 2.05) is 12.1 Å². The van der Waals surface area contributed by atoms with Crippen LogP contribution in [0, 0.1) is 6.92 Å². The van der Waals surface area contributed by atoms with Crippen LogP contribution in [-0.2, 0) is 11.2 Å². The zero-order chi connectivity index (χ0) is 19.0. The summed E-state index contributed by atoms with van der Waals surface area (Å²) in [5, 5.41) is 0.850. The van der Waals surface area contributed by atoms with Gasteiger partial charge in [-0.2, -0.15) is 0 Å². The lowest BCUT2D eigenvalue weighted by Crippen LogP contribution is -2.50. The number of carbonyl (C=O) groups is 1. The van der Waals surface area contributed by atoms with E-state index >= 15 is 0 Å². The molecule has 8 heteroatoms. The summed E-state index contributed by atoms with van der Waals surface area (Å²) < 4.78 is 19.3. The molecule has 4 heterocycles. The Hall–Kier alpha value is -2.87. The van der Waals surface area contributed by atoms with Crippen molar-refractivity contribution in [1.82, 2.24) is 19.9 Å². The van der Waals surface area contributed by atoms with E-state index in [2.05, 4.69) is 15.0 Å². The van der Waals surface area contributed by atoms with Gasteiger partial charge in [-0.15, -0.1) is 0 Å². The highest BCUT2D eigenvalue weighted by Crippen LogP contribution is 2.24. The summed E-state index contributed by atoms with van der Waals surface area (Å²) in [6.07, 6.45) is 4.40. The molecule has 7 nitrogen and oxygen atoms in total. The van der Waals surface area contributed by atoms with E-state index in [1.54, 1.807) is 25.5 Å². The van der Waals surface area contributed by atoms with Crippen molar-refractivity contribution in [2.45, 2.75) is 32.0 Å². The second-order valence-electron chi connectivity index (χ2n) is 6.82. The first-order valence-corrected chi connectivity index (χ1v) is 8.84. The second-order valence-corrected chi connectivity index (χ2v) is 6.82. The van der Waals surface area contributed by atoms with Crippen LogP contribution in [0.3, 0.4) is 0 Å². The molecule has 3 aromatic heterocycles. The second kappa shape index (κ2) is 7.03. The molecule has 0 aromatic carbocycles. The number of oxazole rings is 1. The number of piperidine rings is 1. The molecule has 1 aliphatic rings.